The number of ether oxygens (including phenoxy) is 1. The topological polar surface area (TPSA) is 66.8 Å². The molecule has 4 heteroatoms. The predicted octanol–water partition coefficient (Wildman–Crippen LogP) is 6.61. The lowest BCUT2D eigenvalue weighted by Crippen LogP contribution is -2.08. The van der Waals surface area contributed by atoms with Crippen LogP contribution in [0.1, 0.15) is 70.9 Å². The third-order valence-electron chi connectivity index (χ3n) is 5.46. The number of aromatic hydroxyl groups is 2. The van der Waals surface area contributed by atoms with E-state index in [9.17, 15) is 15.0 Å². The van der Waals surface area contributed by atoms with Gasteiger partial charge in [0.05, 0.1) is 0 Å². The van der Waals surface area contributed by atoms with Crippen molar-refractivity contribution in [2.75, 3.05) is 0 Å². The van der Waals surface area contributed by atoms with Gasteiger partial charge in [-0.15, -0.1) is 0 Å². The minimum atomic E-state index is -0.177. The Morgan fingerprint density at radius 1 is 1.03 bits per heavy atom. The van der Waals surface area contributed by atoms with Crippen molar-refractivity contribution in [2.45, 2.75) is 79.2 Å². The highest BCUT2D eigenvalue weighted by Crippen LogP contribution is 2.28. The highest BCUT2D eigenvalue weighted by atomic mass is 16.5. The van der Waals surface area contributed by atoms with Crippen LogP contribution in [0.5, 0.6) is 11.5 Å². The van der Waals surface area contributed by atoms with Crippen LogP contribution in [-0.4, -0.2) is 22.3 Å². The lowest BCUT2D eigenvalue weighted by Gasteiger charge is -2.09. The van der Waals surface area contributed by atoms with E-state index in [2.05, 4.69) is 45.9 Å². The van der Waals surface area contributed by atoms with Crippen LogP contribution in [0.2, 0.25) is 0 Å². The minimum absolute atomic E-state index is 0.154. The summed E-state index contributed by atoms with van der Waals surface area (Å²) >= 11 is 0. The number of aryl methyl sites for hydroxylation is 1. The number of phenols is 2. The van der Waals surface area contributed by atoms with Gasteiger partial charge in [0, 0.05) is 17.6 Å². The Morgan fingerprint density at radius 3 is 2.48 bits per heavy atom. The van der Waals surface area contributed by atoms with Crippen molar-refractivity contribution in [3.8, 4) is 11.5 Å². The lowest BCUT2D eigenvalue weighted by atomic mass is 10.0. The van der Waals surface area contributed by atoms with E-state index in [4.69, 9.17) is 4.74 Å². The molecule has 2 rings (SSSR count). The van der Waals surface area contributed by atoms with Crippen molar-refractivity contribution < 1.29 is 19.7 Å². The molecule has 1 heterocycles. The van der Waals surface area contributed by atoms with E-state index in [-0.39, 0.29) is 23.6 Å². The Morgan fingerprint density at radius 2 is 1.77 bits per heavy atom. The van der Waals surface area contributed by atoms with E-state index in [1.54, 1.807) is 19.1 Å². The molecule has 1 aliphatic rings. The molecule has 0 aromatic heterocycles. The zero-order valence-corrected chi connectivity index (χ0v) is 19.5. The van der Waals surface area contributed by atoms with Gasteiger partial charge in [-0.2, -0.15) is 0 Å². The first-order valence-electron chi connectivity index (χ1n) is 11.0. The van der Waals surface area contributed by atoms with Crippen molar-refractivity contribution >= 4 is 5.97 Å². The van der Waals surface area contributed by atoms with Gasteiger partial charge in [0.2, 0.25) is 0 Å². The third-order valence-corrected chi connectivity index (χ3v) is 5.46. The second-order valence-electron chi connectivity index (χ2n) is 8.77. The second-order valence-corrected chi connectivity index (χ2v) is 8.77. The Bertz CT molecular complexity index is 911. The van der Waals surface area contributed by atoms with Gasteiger partial charge in [-0.3, -0.25) is 0 Å². The van der Waals surface area contributed by atoms with Crippen LogP contribution in [-0.2, 0) is 16.0 Å². The van der Waals surface area contributed by atoms with Crippen LogP contribution in [0.25, 0.3) is 0 Å². The molecule has 0 bridgehead atoms. The van der Waals surface area contributed by atoms with Gasteiger partial charge in [0.15, 0.2) is 0 Å². The Hall–Kier alpha value is -2.75. The first kappa shape index (κ1) is 24.5. The van der Waals surface area contributed by atoms with E-state index < -0.39 is 0 Å². The van der Waals surface area contributed by atoms with Crippen molar-refractivity contribution in [2.24, 2.45) is 0 Å². The van der Waals surface area contributed by atoms with E-state index in [0.29, 0.717) is 12.0 Å². The first-order valence-corrected chi connectivity index (χ1v) is 11.0. The lowest BCUT2D eigenvalue weighted by molar-refractivity contribution is -0.139. The highest BCUT2D eigenvalue weighted by Gasteiger charge is 2.24. The molecule has 0 fully saturated rings. The summed E-state index contributed by atoms with van der Waals surface area (Å²) in [5, 5.41) is 19.9. The number of rotatable bonds is 10. The molecule has 4 nitrogen and oxygen atoms in total. The standard InChI is InChI=1S/C27H36O4/c1-18(2)8-6-11-23-17-25(31-27(23)30)14-20(4)10-7-9-19(3)12-13-22-16-24(28)15-21(5)26(22)29/h8,10,12,15-17,25,28-29H,6-7,9,11,13-14H2,1-5H3/b19-12+,20-10+. The van der Waals surface area contributed by atoms with Crippen LogP contribution in [0.3, 0.4) is 0 Å². The molecule has 1 aromatic rings. The van der Waals surface area contributed by atoms with Crippen LogP contribution in [0, 0.1) is 6.92 Å². The zero-order valence-electron chi connectivity index (χ0n) is 19.5. The van der Waals surface area contributed by atoms with Gasteiger partial charge >= 0.3 is 5.97 Å². The molecule has 0 amide bonds. The molecule has 0 spiro atoms. The molecule has 168 valence electrons. The summed E-state index contributed by atoms with van der Waals surface area (Å²) < 4.78 is 5.50. The van der Waals surface area contributed by atoms with E-state index >= 15 is 0 Å². The van der Waals surface area contributed by atoms with Gasteiger partial charge in [0.1, 0.15) is 17.6 Å². The SMILES string of the molecule is CC(C)=CCCC1=CC(C/C(C)=C/CC/C(C)=C/Cc2cc(O)cc(C)c2O)OC1=O. The molecule has 0 aliphatic carbocycles. The fourth-order valence-corrected chi connectivity index (χ4v) is 3.66. The largest absolute Gasteiger partial charge is 0.508 e. The maximum atomic E-state index is 12.0. The first-order chi connectivity index (χ1) is 14.7. The molecule has 1 aliphatic heterocycles. The van der Waals surface area contributed by atoms with Crippen LogP contribution < -0.4 is 0 Å². The average molecular weight is 425 g/mol. The molecule has 2 N–H and O–H groups in total. The summed E-state index contributed by atoms with van der Waals surface area (Å²) in [6.45, 7) is 10.1. The molecule has 1 aromatic carbocycles. The molecule has 1 unspecified atom stereocenters. The van der Waals surface area contributed by atoms with E-state index in [1.165, 1.54) is 16.7 Å². The monoisotopic (exact) mass is 424 g/mol. The van der Waals surface area contributed by atoms with Crippen molar-refractivity contribution in [3.63, 3.8) is 0 Å². The van der Waals surface area contributed by atoms with E-state index in [1.807, 2.05) is 6.08 Å². The fourth-order valence-electron chi connectivity index (χ4n) is 3.66. The zero-order chi connectivity index (χ0) is 23.0. The van der Waals surface area contributed by atoms with Gasteiger partial charge in [0.25, 0.3) is 0 Å². The van der Waals surface area contributed by atoms with Crippen molar-refractivity contribution in [1.82, 2.24) is 0 Å². The average Bonchev–Trinajstić information content (AvgIpc) is 3.02. The maximum Gasteiger partial charge on any atom is 0.334 e. The molecule has 31 heavy (non-hydrogen) atoms. The van der Waals surface area contributed by atoms with Crippen molar-refractivity contribution in [1.29, 1.82) is 0 Å². The van der Waals surface area contributed by atoms with Crippen LogP contribution in [0.15, 0.2) is 58.7 Å². The summed E-state index contributed by atoms with van der Waals surface area (Å²) in [5.74, 6) is 0.248. The van der Waals surface area contributed by atoms with Gasteiger partial charge in [-0.05, 0) is 90.5 Å². The number of cyclic esters (lactones) is 1. The smallest absolute Gasteiger partial charge is 0.334 e. The maximum absolute atomic E-state index is 12.0. The number of phenolic OH excluding ortho intramolecular Hbond substituents is 2. The van der Waals surface area contributed by atoms with Crippen LogP contribution in [0.4, 0.5) is 0 Å². The highest BCUT2D eigenvalue weighted by molar-refractivity contribution is 5.90. The number of carbonyl (C=O) groups excluding carboxylic acids is 1. The van der Waals surface area contributed by atoms with Gasteiger partial charge in [-0.1, -0.05) is 34.9 Å². The Balaban J connectivity index is 1.82. The fraction of sp³-hybridized carbons (Fsp3) is 0.444. The third kappa shape index (κ3) is 8.12. The number of hydrogen-bond donors (Lipinski definition) is 2. The number of carbonyl (C=O) groups is 1. The summed E-state index contributed by atoms with van der Waals surface area (Å²) in [6, 6.07) is 3.17. The second kappa shape index (κ2) is 11.6. The summed E-state index contributed by atoms with van der Waals surface area (Å²) in [6.07, 6.45) is 13.0. The molecular formula is C27H36O4. The number of hydrogen-bond acceptors (Lipinski definition) is 4. The van der Waals surface area contributed by atoms with Gasteiger partial charge in [-0.25, -0.2) is 4.79 Å². The van der Waals surface area contributed by atoms with Crippen molar-refractivity contribution in [3.05, 3.63) is 69.9 Å². The Labute approximate surface area is 186 Å². The summed E-state index contributed by atoms with van der Waals surface area (Å²) in [5.41, 5.74) is 5.92. The molecule has 0 saturated heterocycles. The molecule has 1 atom stereocenters. The molecule has 0 radical (unpaired) electrons. The van der Waals surface area contributed by atoms with Gasteiger partial charge < -0.3 is 14.9 Å². The number of allylic oxidation sites excluding steroid dienone is 5. The quantitative estimate of drug-likeness (QED) is 0.252. The Kier molecular flexibility index (Phi) is 9.17. The number of esters is 1. The van der Waals surface area contributed by atoms with Crippen LogP contribution >= 0.6 is 0 Å². The normalized spacial score (nSPS) is 16.9. The van der Waals surface area contributed by atoms with E-state index in [0.717, 1.165) is 43.2 Å². The summed E-state index contributed by atoms with van der Waals surface area (Å²) in [4.78, 5) is 12.0. The predicted molar refractivity (Wildman–Crippen MR) is 126 cm³/mol. The molecule has 0 saturated carbocycles. The summed E-state index contributed by atoms with van der Waals surface area (Å²) in [7, 11) is 0. The minimum Gasteiger partial charge on any atom is -0.508 e. The molecular weight excluding hydrogens is 388 g/mol. The number of benzene rings is 1.